The fourth-order valence-corrected chi connectivity index (χ4v) is 2.47. The maximum atomic E-state index is 11.7. The summed E-state index contributed by atoms with van der Waals surface area (Å²) in [5.41, 5.74) is 0.992. The van der Waals surface area contributed by atoms with Crippen LogP contribution in [0.15, 0.2) is 30.3 Å². The van der Waals surface area contributed by atoms with E-state index in [1.807, 2.05) is 30.3 Å². The first-order valence-corrected chi connectivity index (χ1v) is 7.88. The van der Waals surface area contributed by atoms with Crippen molar-refractivity contribution in [2.75, 3.05) is 0 Å². The van der Waals surface area contributed by atoms with Gasteiger partial charge < -0.3 is 9.84 Å². The van der Waals surface area contributed by atoms with Crippen LogP contribution in [0.5, 0.6) is 0 Å². The normalized spacial score (nSPS) is 13.4. The molecule has 1 N–H and O–H groups in total. The standard InChI is InChI=1S/C18H26O4/c1-14(8-10-17(19)20)12-15(2)9-11-18(21)22-13-16-6-4-3-5-7-16/h3-7,14-15H,8-13H2,1-2H3,(H,19,20). The summed E-state index contributed by atoms with van der Waals surface area (Å²) in [4.78, 5) is 22.3. The zero-order valence-corrected chi connectivity index (χ0v) is 13.5. The number of carbonyl (C=O) groups is 2. The van der Waals surface area contributed by atoms with Crippen molar-refractivity contribution in [3.63, 3.8) is 0 Å². The molecule has 1 aromatic carbocycles. The Labute approximate surface area is 132 Å². The molecule has 0 aliphatic rings. The number of ether oxygens (including phenoxy) is 1. The molecule has 0 aliphatic heterocycles. The first kappa shape index (κ1) is 18.2. The minimum Gasteiger partial charge on any atom is -0.481 e. The number of rotatable bonds is 10. The molecule has 0 saturated carbocycles. The van der Waals surface area contributed by atoms with Crippen LogP contribution in [0.4, 0.5) is 0 Å². The Bertz CT molecular complexity index is 455. The Morgan fingerprint density at radius 2 is 1.64 bits per heavy atom. The largest absolute Gasteiger partial charge is 0.481 e. The Kier molecular flexibility index (Phi) is 8.26. The molecule has 0 saturated heterocycles. The third-order valence-electron chi connectivity index (χ3n) is 3.74. The third kappa shape index (κ3) is 8.45. The van der Waals surface area contributed by atoms with Crippen molar-refractivity contribution < 1.29 is 19.4 Å². The highest BCUT2D eigenvalue weighted by molar-refractivity contribution is 5.69. The lowest BCUT2D eigenvalue weighted by Gasteiger charge is -2.16. The predicted molar refractivity (Wildman–Crippen MR) is 85.3 cm³/mol. The van der Waals surface area contributed by atoms with Crippen molar-refractivity contribution in [1.29, 1.82) is 0 Å². The van der Waals surface area contributed by atoms with Gasteiger partial charge in [-0.3, -0.25) is 9.59 Å². The van der Waals surface area contributed by atoms with Gasteiger partial charge >= 0.3 is 11.9 Å². The first-order chi connectivity index (χ1) is 10.5. The Hall–Kier alpha value is -1.84. The van der Waals surface area contributed by atoms with Crippen LogP contribution >= 0.6 is 0 Å². The van der Waals surface area contributed by atoms with E-state index in [0.717, 1.165) is 18.4 Å². The van der Waals surface area contributed by atoms with Gasteiger partial charge in [0.25, 0.3) is 0 Å². The van der Waals surface area contributed by atoms with Gasteiger partial charge in [0.1, 0.15) is 6.61 Å². The second-order valence-electron chi connectivity index (χ2n) is 6.06. The van der Waals surface area contributed by atoms with Crippen molar-refractivity contribution in [1.82, 2.24) is 0 Å². The second-order valence-corrected chi connectivity index (χ2v) is 6.06. The fourth-order valence-electron chi connectivity index (χ4n) is 2.47. The van der Waals surface area contributed by atoms with E-state index in [4.69, 9.17) is 9.84 Å². The van der Waals surface area contributed by atoms with E-state index in [-0.39, 0.29) is 12.4 Å². The quantitative estimate of drug-likeness (QED) is 0.663. The summed E-state index contributed by atoms with van der Waals surface area (Å²) >= 11 is 0. The van der Waals surface area contributed by atoms with E-state index >= 15 is 0 Å². The van der Waals surface area contributed by atoms with Crippen LogP contribution in [-0.2, 0) is 20.9 Å². The highest BCUT2D eigenvalue weighted by atomic mass is 16.5. The van der Waals surface area contributed by atoms with Crippen LogP contribution in [0.2, 0.25) is 0 Å². The molecular weight excluding hydrogens is 280 g/mol. The average molecular weight is 306 g/mol. The topological polar surface area (TPSA) is 63.6 Å². The van der Waals surface area contributed by atoms with Crippen LogP contribution < -0.4 is 0 Å². The average Bonchev–Trinajstić information content (AvgIpc) is 2.50. The molecule has 22 heavy (non-hydrogen) atoms. The van der Waals surface area contributed by atoms with Gasteiger partial charge in [0.2, 0.25) is 0 Å². The van der Waals surface area contributed by atoms with E-state index in [0.29, 0.717) is 31.3 Å². The molecule has 0 radical (unpaired) electrons. The molecule has 0 bridgehead atoms. The molecule has 1 aromatic rings. The lowest BCUT2D eigenvalue weighted by molar-refractivity contribution is -0.145. The molecule has 0 heterocycles. The molecule has 0 amide bonds. The number of carboxylic acid groups (broad SMARTS) is 1. The van der Waals surface area contributed by atoms with E-state index in [1.165, 1.54) is 0 Å². The predicted octanol–water partition coefficient (Wildman–Crippen LogP) is 4.04. The van der Waals surface area contributed by atoms with E-state index in [9.17, 15) is 9.59 Å². The first-order valence-electron chi connectivity index (χ1n) is 7.88. The van der Waals surface area contributed by atoms with Crippen LogP contribution in [0.1, 0.15) is 51.5 Å². The van der Waals surface area contributed by atoms with Gasteiger partial charge in [-0.2, -0.15) is 0 Å². The van der Waals surface area contributed by atoms with Crippen LogP contribution in [0, 0.1) is 11.8 Å². The lowest BCUT2D eigenvalue weighted by atomic mass is 9.91. The van der Waals surface area contributed by atoms with Gasteiger partial charge in [-0.25, -0.2) is 0 Å². The van der Waals surface area contributed by atoms with Crippen LogP contribution in [-0.4, -0.2) is 17.0 Å². The van der Waals surface area contributed by atoms with Gasteiger partial charge in [-0.15, -0.1) is 0 Å². The van der Waals surface area contributed by atoms with Crippen molar-refractivity contribution in [3.8, 4) is 0 Å². The summed E-state index contributed by atoms with van der Waals surface area (Å²) in [6.07, 6.45) is 3.05. The SMILES string of the molecule is CC(CCC(=O)O)CC(C)CCC(=O)OCc1ccccc1. The maximum absolute atomic E-state index is 11.7. The molecule has 4 nitrogen and oxygen atoms in total. The van der Waals surface area contributed by atoms with Gasteiger partial charge in [0.05, 0.1) is 0 Å². The van der Waals surface area contributed by atoms with E-state index < -0.39 is 5.97 Å². The molecule has 0 aromatic heterocycles. The number of carbonyl (C=O) groups excluding carboxylic acids is 1. The smallest absolute Gasteiger partial charge is 0.306 e. The van der Waals surface area contributed by atoms with Crippen molar-refractivity contribution in [3.05, 3.63) is 35.9 Å². The fraction of sp³-hybridized carbons (Fsp3) is 0.556. The molecule has 0 fully saturated rings. The third-order valence-corrected chi connectivity index (χ3v) is 3.74. The molecule has 4 heteroatoms. The monoisotopic (exact) mass is 306 g/mol. The van der Waals surface area contributed by atoms with Crippen molar-refractivity contribution in [2.45, 2.75) is 52.6 Å². The summed E-state index contributed by atoms with van der Waals surface area (Å²) in [6.45, 7) is 4.48. The number of benzene rings is 1. The number of carboxylic acids is 1. The Balaban J connectivity index is 2.16. The molecule has 122 valence electrons. The maximum Gasteiger partial charge on any atom is 0.306 e. The summed E-state index contributed by atoms with van der Waals surface area (Å²) in [7, 11) is 0. The summed E-state index contributed by atoms with van der Waals surface area (Å²) < 4.78 is 5.25. The molecule has 2 atom stereocenters. The van der Waals surface area contributed by atoms with Crippen molar-refractivity contribution in [2.24, 2.45) is 11.8 Å². The van der Waals surface area contributed by atoms with Gasteiger partial charge in [-0.05, 0) is 36.7 Å². The Morgan fingerprint density at radius 1 is 1.05 bits per heavy atom. The van der Waals surface area contributed by atoms with E-state index in [2.05, 4.69) is 13.8 Å². The second kappa shape index (κ2) is 9.98. The summed E-state index contributed by atoms with van der Waals surface area (Å²) in [5, 5.41) is 8.66. The lowest BCUT2D eigenvalue weighted by Crippen LogP contribution is -2.10. The highest BCUT2D eigenvalue weighted by Crippen LogP contribution is 2.20. The summed E-state index contributed by atoms with van der Waals surface area (Å²) in [6, 6.07) is 9.63. The number of aliphatic carboxylic acids is 1. The highest BCUT2D eigenvalue weighted by Gasteiger charge is 2.13. The molecular formula is C18H26O4. The van der Waals surface area contributed by atoms with Crippen LogP contribution in [0.25, 0.3) is 0 Å². The number of hydrogen-bond acceptors (Lipinski definition) is 3. The summed E-state index contributed by atoms with van der Waals surface area (Å²) in [5.74, 6) is -0.155. The molecule has 2 unspecified atom stereocenters. The van der Waals surface area contributed by atoms with Gasteiger partial charge in [0.15, 0.2) is 0 Å². The molecule has 0 aliphatic carbocycles. The minimum absolute atomic E-state index is 0.172. The minimum atomic E-state index is -0.746. The molecule has 1 rings (SSSR count). The van der Waals surface area contributed by atoms with Crippen molar-refractivity contribution >= 4 is 11.9 Å². The van der Waals surface area contributed by atoms with Crippen LogP contribution in [0.3, 0.4) is 0 Å². The van der Waals surface area contributed by atoms with E-state index in [1.54, 1.807) is 0 Å². The molecule has 0 spiro atoms. The number of hydrogen-bond donors (Lipinski definition) is 1. The zero-order chi connectivity index (χ0) is 16.4. The van der Waals surface area contributed by atoms with Gasteiger partial charge in [-0.1, -0.05) is 44.2 Å². The Morgan fingerprint density at radius 3 is 2.23 bits per heavy atom. The van der Waals surface area contributed by atoms with Gasteiger partial charge in [0, 0.05) is 12.8 Å². The zero-order valence-electron chi connectivity index (χ0n) is 13.5. The number of esters is 1.